The molecule has 0 aliphatic rings. The van der Waals surface area contributed by atoms with Gasteiger partial charge in [-0.1, -0.05) is 13.0 Å². The Kier molecular flexibility index (Phi) is 4.28. The minimum Gasteiger partial charge on any atom is -0.440 e. The van der Waals surface area contributed by atoms with E-state index < -0.39 is 0 Å². The maximum Gasteiger partial charge on any atom is 0.236 e. The van der Waals surface area contributed by atoms with Crippen LogP contribution >= 0.6 is 11.3 Å². The Bertz CT molecular complexity index is 585. The summed E-state index contributed by atoms with van der Waals surface area (Å²) in [6.07, 6.45) is 1.14. The standard InChI is InChI=1S/C15H20N2O2S/c1-5-15(3,4)17-13(18)9-11-10(2)19-14(16-11)12-7-6-8-20-12/h6-8H,5,9H2,1-4H3,(H,17,18). The van der Waals surface area contributed by atoms with Crippen LogP contribution in [0.15, 0.2) is 21.9 Å². The Morgan fingerprint density at radius 1 is 1.50 bits per heavy atom. The summed E-state index contributed by atoms with van der Waals surface area (Å²) < 4.78 is 5.64. The molecule has 0 unspecified atom stereocenters. The summed E-state index contributed by atoms with van der Waals surface area (Å²) in [4.78, 5) is 17.5. The average molecular weight is 292 g/mol. The zero-order chi connectivity index (χ0) is 14.8. The van der Waals surface area contributed by atoms with Gasteiger partial charge in [0.15, 0.2) is 0 Å². The molecule has 0 bridgehead atoms. The zero-order valence-corrected chi connectivity index (χ0v) is 13.1. The fourth-order valence-electron chi connectivity index (χ4n) is 1.76. The highest BCUT2D eigenvalue weighted by atomic mass is 32.1. The van der Waals surface area contributed by atoms with Crippen molar-refractivity contribution in [2.75, 3.05) is 0 Å². The summed E-state index contributed by atoms with van der Waals surface area (Å²) in [6.45, 7) is 7.92. The van der Waals surface area contributed by atoms with Crippen molar-refractivity contribution < 1.29 is 9.21 Å². The van der Waals surface area contributed by atoms with Crippen LogP contribution in [0.4, 0.5) is 0 Å². The summed E-state index contributed by atoms with van der Waals surface area (Å²) in [6, 6.07) is 3.91. The highest BCUT2D eigenvalue weighted by molar-refractivity contribution is 7.13. The van der Waals surface area contributed by atoms with Crippen molar-refractivity contribution in [1.29, 1.82) is 0 Å². The van der Waals surface area contributed by atoms with Gasteiger partial charge in [-0.3, -0.25) is 4.79 Å². The first-order chi connectivity index (χ1) is 9.41. The quantitative estimate of drug-likeness (QED) is 0.916. The average Bonchev–Trinajstić information content (AvgIpc) is 2.99. The van der Waals surface area contributed by atoms with Gasteiger partial charge in [0.05, 0.1) is 17.0 Å². The van der Waals surface area contributed by atoms with Crippen LogP contribution in [0.3, 0.4) is 0 Å². The third-order valence-electron chi connectivity index (χ3n) is 3.31. The largest absolute Gasteiger partial charge is 0.440 e. The number of carbonyl (C=O) groups excluding carboxylic acids is 1. The van der Waals surface area contributed by atoms with E-state index in [2.05, 4.69) is 17.2 Å². The molecule has 0 saturated heterocycles. The van der Waals surface area contributed by atoms with E-state index in [-0.39, 0.29) is 17.9 Å². The van der Waals surface area contributed by atoms with Gasteiger partial charge in [-0.25, -0.2) is 4.98 Å². The molecule has 0 atom stereocenters. The van der Waals surface area contributed by atoms with E-state index in [4.69, 9.17) is 4.42 Å². The van der Waals surface area contributed by atoms with E-state index in [1.807, 2.05) is 38.3 Å². The van der Waals surface area contributed by atoms with Crippen LogP contribution in [0.25, 0.3) is 10.8 Å². The lowest BCUT2D eigenvalue weighted by atomic mass is 10.0. The third-order valence-corrected chi connectivity index (χ3v) is 4.17. The van der Waals surface area contributed by atoms with Crippen molar-refractivity contribution >= 4 is 17.2 Å². The summed E-state index contributed by atoms with van der Waals surface area (Å²) in [5.41, 5.74) is 0.517. The molecule has 0 spiro atoms. The van der Waals surface area contributed by atoms with E-state index in [0.717, 1.165) is 11.3 Å². The number of oxazole rings is 1. The molecule has 0 aliphatic heterocycles. The molecule has 2 aromatic rings. The van der Waals surface area contributed by atoms with Crippen LogP contribution in [-0.4, -0.2) is 16.4 Å². The molecule has 1 N–H and O–H groups in total. The summed E-state index contributed by atoms with van der Waals surface area (Å²) >= 11 is 1.57. The van der Waals surface area contributed by atoms with Gasteiger partial charge in [0.25, 0.3) is 0 Å². The second kappa shape index (κ2) is 5.79. The number of nitrogens with one attached hydrogen (secondary N) is 1. The fourth-order valence-corrected chi connectivity index (χ4v) is 2.41. The number of thiophene rings is 1. The molecule has 0 saturated carbocycles. The maximum absolute atomic E-state index is 12.0. The molecule has 20 heavy (non-hydrogen) atoms. The molecule has 4 nitrogen and oxygen atoms in total. The first kappa shape index (κ1) is 14.8. The van der Waals surface area contributed by atoms with Crippen LogP contribution in [0.1, 0.15) is 38.6 Å². The first-order valence-corrected chi connectivity index (χ1v) is 7.60. The topological polar surface area (TPSA) is 55.1 Å². The van der Waals surface area contributed by atoms with Crippen LogP contribution in [0, 0.1) is 6.92 Å². The second-order valence-electron chi connectivity index (χ2n) is 5.46. The minimum atomic E-state index is -0.189. The third kappa shape index (κ3) is 3.48. The predicted octanol–water partition coefficient (Wildman–Crippen LogP) is 3.56. The highest BCUT2D eigenvalue weighted by Gasteiger charge is 2.20. The molecule has 108 valence electrons. The van der Waals surface area contributed by atoms with Crippen LogP contribution in [0.2, 0.25) is 0 Å². The van der Waals surface area contributed by atoms with Gasteiger partial charge in [-0.2, -0.15) is 0 Å². The van der Waals surface area contributed by atoms with Crippen molar-refractivity contribution in [3.8, 4) is 10.8 Å². The van der Waals surface area contributed by atoms with Gasteiger partial charge in [0, 0.05) is 5.54 Å². The number of carbonyl (C=O) groups is 1. The smallest absolute Gasteiger partial charge is 0.236 e. The van der Waals surface area contributed by atoms with Gasteiger partial charge in [0.2, 0.25) is 11.8 Å². The van der Waals surface area contributed by atoms with Crippen molar-refractivity contribution in [3.05, 3.63) is 29.0 Å². The Morgan fingerprint density at radius 3 is 2.85 bits per heavy atom. The van der Waals surface area contributed by atoms with Crippen LogP contribution < -0.4 is 5.32 Å². The summed E-state index contributed by atoms with van der Waals surface area (Å²) in [7, 11) is 0. The fraction of sp³-hybridized carbons (Fsp3) is 0.467. The minimum absolute atomic E-state index is 0.0222. The van der Waals surface area contributed by atoms with Crippen molar-refractivity contribution in [2.24, 2.45) is 0 Å². The highest BCUT2D eigenvalue weighted by Crippen LogP contribution is 2.26. The van der Waals surface area contributed by atoms with Gasteiger partial charge < -0.3 is 9.73 Å². The lowest BCUT2D eigenvalue weighted by Gasteiger charge is -2.24. The first-order valence-electron chi connectivity index (χ1n) is 6.72. The van der Waals surface area contributed by atoms with E-state index in [1.165, 1.54) is 0 Å². The van der Waals surface area contributed by atoms with Gasteiger partial charge in [-0.05, 0) is 38.6 Å². The van der Waals surface area contributed by atoms with Crippen molar-refractivity contribution in [3.63, 3.8) is 0 Å². The monoisotopic (exact) mass is 292 g/mol. The molecule has 0 aromatic carbocycles. The van der Waals surface area contributed by atoms with Crippen LogP contribution in [-0.2, 0) is 11.2 Å². The van der Waals surface area contributed by atoms with Crippen LogP contribution in [0.5, 0.6) is 0 Å². The molecule has 0 aliphatic carbocycles. The zero-order valence-electron chi connectivity index (χ0n) is 12.3. The normalized spacial score (nSPS) is 11.6. The molecular formula is C15H20N2O2S. The van der Waals surface area contributed by atoms with Crippen molar-refractivity contribution in [2.45, 2.75) is 46.1 Å². The second-order valence-corrected chi connectivity index (χ2v) is 6.41. The number of hydrogen-bond donors (Lipinski definition) is 1. The van der Waals surface area contributed by atoms with E-state index >= 15 is 0 Å². The summed E-state index contributed by atoms with van der Waals surface area (Å²) in [5, 5.41) is 4.98. The number of hydrogen-bond acceptors (Lipinski definition) is 4. The Hall–Kier alpha value is -1.62. The molecule has 2 aromatic heterocycles. The number of aromatic nitrogens is 1. The molecule has 5 heteroatoms. The SMILES string of the molecule is CCC(C)(C)NC(=O)Cc1nc(-c2cccs2)oc1C. The Balaban J connectivity index is 2.09. The number of rotatable bonds is 5. The van der Waals surface area contributed by atoms with Gasteiger partial charge in [-0.15, -0.1) is 11.3 Å². The molecule has 1 amide bonds. The van der Waals surface area contributed by atoms with E-state index in [1.54, 1.807) is 11.3 Å². The molecule has 0 radical (unpaired) electrons. The molecular weight excluding hydrogens is 272 g/mol. The molecule has 0 fully saturated rings. The van der Waals surface area contributed by atoms with E-state index in [9.17, 15) is 4.79 Å². The van der Waals surface area contributed by atoms with Gasteiger partial charge in [0.1, 0.15) is 5.76 Å². The van der Waals surface area contributed by atoms with Crippen molar-refractivity contribution in [1.82, 2.24) is 10.3 Å². The number of nitrogens with zero attached hydrogens (tertiary/aromatic N) is 1. The lowest BCUT2D eigenvalue weighted by Crippen LogP contribution is -2.43. The number of amides is 1. The molecule has 2 heterocycles. The summed E-state index contributed by atoms with van der Waals surface area (Å²) in [5.74, 6) is 1.28. The van der Waals surface area contributed by atoms with E-state index in [0.29, 0.717) is 17.3 Å². The Morgan fingerprint density at radius 2 is 2.25 bits per heavy atom. The predicted molar refractivity (Wildman–Crippen MR) is 80.8 cm³/mol. The lowest BCUT2D eigenvalue weighted by molar-refractivity contribution is -0.122. The number of aryl methyl sites for hydroxylation is 1. The maximum atomic E-state index is 12.0. The molecule has 2 rings (SSSR count). The Labute approximate surface area is 123 Å². The van der Waals surface area contributed by atoms with Gasteiger partial charge >= 0.3 is 0 Å².